The predicted molar refractivity (Wildman–Crippen MR) is 84.9 cm³/mol. The lowest BCUT2D eigenvalue weighted by atomic mass is 10.3. The van der Waals surface area contributed by atoms with Crippen LogP contribution in [0.1, 0.15) is 0 Å². The van der Waals surface area contributed by atoms with Gasteiger partial charge >= 0.3 is 5.76 Å². The first-order valence-electron chi connectivity index (χ1n) is 6.84. The number of sulfonamides is 1. The number of benzene rings is 2. The molecule has 2 aromatic carbocycles. The summed E-state index contributed by atoms with van der Waals surface area (Å²) in [5.41, 5.74) is 1.02. The molecular weight excluding hydrogens is 320 g/mol. The molecule has 0 saturated heterocycles. The number of aliphatic hydroxyl groups excluding tert-OH is 1. The van der Waals surface area contributed by atoms with Crippen LogP contribution < -0.4 is 10.1 Å². The van der Waals surface area contributed by atoms with E-state index in [1.165, 1.54) is 18.2 Å². The Morgan fingerprint density at radius 2 is 1.87 bits per heavy atom. The van der Waals surface area contributed by atoms with Gasteiger partial charge in [-0.15, -0.1) is 0 Å². The molecular formula is C15H14N2O5S. The third-order valence-corrected chi connectivity index (χ3v) is 5.15. The van der Waals surface area contributed by atoms with Gasteiger partial charge in [-0.3, -0.25) is 9.29 Å². The number of H-pyrrole nitrogens is 1. The molecule has 0 fully saturated rings. The number of hydrogen-bond acceptors (Lipinski definition) is 5. The maximum Gasteiger partial charge on any atom is 0.417 e. The molecule has 0 aliphatic rings. The van der Waals surface area contributed by atoms with Crippen molar-refractivity contribution in [3.05, 3.63) is 59.1 Å². The highest BCUT2D eigenvalue weighted by Gasteiger charge is 2.25. The second-order valence-electron chi connectivity index (χ2n) is 4.81. The molecule has 8 heteroatoms. The number of para-hydroxylation sites is 1. The number of oxazole rings is 1. The number of aromatic amines is 1. The van der Waals surface area contributed by atoms with Gasteiger partial charge in [0.05, 0.1) is 29.3 Å². The van der Waals surface area contributed by atoms with Gasteiger partial charge in [-0.1, -0.05) is 18.2 Å². The van der Waals surface area contributed by atoms with Gasteiger partial charge < -0.3 is 9.52 Å². The van der Waals surface area contributed by atoms with Gasteiger partial charge in [0, 0.05) is 6.07 Å². The van der Waals surface area contributed by atoms with Crippen LogP contribution in [0.3, 0.4) is 0 Å². The largest absolute Gasteiger partial charge is 0.417 e. The van der Waals surface area contributed by atoms with E-state index in [-0.39, 0.29) is 23.6 Å². The minimum Gasteiger partial charge on any atom is -0.408 e. The van der Waals surface area contributed by atoms with Crippen molar-refractivity contribution in [2.45, 2.75) is 4.90 Å². The van der Waals surface area contributed by atoms with Gasteiger partial charge in [0.1, 0.15) is 0 Å². The first kappa shape index (κ1) is 15.3. The molecule has 1 aromatic heterocycles. The highest BCUT2D eigenvalue weighted by molar-refractivity contribution is 7.92. The van der Waals surface area contributed by atoms with Crippen molar-refractivity contribution < 1.29 is 17.9 Å². The Balaban J connectivity index is 2.10. The van der Waals surface area contributed by atoms with Gasteiger partial charge in [-0.2, -0.15) is 0 Å². The van der Waals surface area contributed by atoms with Crippen LogP contribution in [-0.2, 0) is 10.0 Å². The maximum atomic E-state index is 12.9. The first-order valence-corrected chi connectivity index (χ1v) is 8.28. The van der Waals surface area contributed by atoms with Crippen LogP contribution in [0.25, 0.3) is 11.1 Å². The zero-order valence-electron chi connectivity index (χ0n) is 12.0. The maximum absolute atomic E-state index is 12.9. The molecule has 0 spiro atoms. The Morgan fingerprint density at radius 3 is 2.57 bits per heavy atom. The standard InChI is InChI=1S/C15H14N2O5S/c18-9-8-17(11-4-2-1-3-5-11)23(20,21)12-6-7-13-14(10-12)22-15(19)16-13/h1-7,10,18H,8-9H2,(H,16,19). The number of anilines is 1. The first-order chi connectivity index (χ1) is 11.0. The van der Waals surface area contributed by atoms with E-state index in [0.29, 0.717) is 11.2 Å². The summed E-state index contributed by atoms with van der Waals surface area (Å²) in [5, 5.41) is 9.21. The summed E-state index contributed by atoms with van der Waals surface area (Å²) in [7, 11) is -3.90. The molecule has 0 bridgehead atoms. The van der Waals surface area contributed by atoms with Crippen molar-refractivity contribution >= 4 is 26.8 Å². The molecule has 0 radical (unpaired) electrons. The molecule has 0 unspecified atom stereocenters. The van der Waals surface area contributed by atoms with Gasteiger partial charge in [0.25, 0.3) is 10.0 Å². The predicted octanol–water partition coefficient (Wildman–Crippen LogP) is 1.31. The fourth-order valence-corrected chi connectivity index (χ4v) is 3.76. The number of fused-ring (bicyclic) bond motifs is 1. The van der Waals surface area contributed by atoms with E-state index in [9.17, 15) is 18.3 Å². The van der Waals surface area contributed by atoms with Crippen molar-refractivity contribution in [2.24, 2.45) is 0 Å². The minimum absolute atomic E-state index is 0.0231. The van der Waals surface area contributed by atoms with Crippen molar-refractivity contribution in [1.29, 1.82) is 0 Å². The van der Waals surface area contributed by atoms with E-state index in [2.05, 4.69) is 4.98 Å². The van der Waals surface area contributed by atoms with E-state index in [4.69, 9.17) is 4.42 Å². The molecule has 3 aromatic rings. The molecule has 120 valence electrons. The molecule has 1 heterocycles. The fraction of sp³-hybridized carbons (Fsp3) is 0.133. The Morgan fingerprint density at radius 1 is 1.13 bits per heavy atom. The molecule has 2 N–H and O–H groups in total. The van der Waals surface area contributed by atoms with Crippen LogP contribution in [-0.4, -0.2) is 31.7 Å². The lowest BCUT2D eigenvalue weighted by Gasteiger charge is -2.23. The molecule has 3 rings (SSSR count). The number of aromatic nitrogens is 1. The summed E-state index contributed by atoms with van der Waals surface area (Å²) in [6.07, 6.45) is 0. The summed E-state index contributed by atoms with van der Waals surface area (Å²) >= 11 is 0. The SMILES string of the molecule is O=c1[nH]c2ccc(S(=O)(=O)N(CCO)c3ccccc3)cc2o1. The summed E-state index contributed by atoms with van der Waals surface area (Å²) < 4.78 is 31.7. The van der Waals surface area contributed by atoms with E-state index < -0.39 is 15.8 Å². The van der Waals surface area contributed by atoms with Crippen LogP contribution in [0.4, 0.5) is 5.69 Å². The van der Waals surface area contributed by atoms with E-state index >= 15 is 0 Å². The molecule has 0 aliphatic heterocycles. The van der Waals surface area contributed by atoms with Crippen molar-refractivity contribution in [3.63, 3.8) is 0 Å². The second kappa shape index (κ2) is 5.90. The Hall–Kier alpha value is -2.58. The van der Waals surface area contributed by atoms with Crippen LogP contribution >= 0.6 is 0 Å². The van der Waals surface area contributed by atoms with Gasteiger partial charge in [-0.25, -0.2) is 13.2 Å². The smallest absolute Gasteiger partial charge is 0.408 e. The van der Waals surface area contributed by atoms with Crippen molar-refractivity contribution in [1.82, 2.24) is 4.98 Å². The Bertz CT molecular complexity index is 976. The summed E-state index contributed by atoms with van der Waals surface area (Å²) in [4.78, 5) is 13.6. The van der Waals surface area contributed by atoms with Crippen LogP contribution in [0.15, 0.2) is 62.6 Å². The Labute approximate surface area is 131 Å². The quantitative estimate of drug-likeness (QED) is 0.732. The monoisotopic (exact) mass is 334 g/mol. The summed E-state index contributed by atoms with van der Waals surface area (Å²) in [5.74, 6) is -0.648. The topological polar surface area (TPSA) is 104 Å². The molecule has 0 amide bonds. The van der Waals surface area contributed by atoms with Crippen LogP contribution in [0, 0.1) is 0 Å². The zero-order chi connectivity index (χ0) is 16.4. The van der Waals surface area contributed by atoms with Gasteiger partial charge in [0.2, 0.25) is 0 Å². The number of nitrogens with zero attached hydrogens (tertiary/aromatic N) is 1. The number of nitrogens with one attached hydrogen (secondary N) is 1. The summed E-state index contributed by atoms with van der Waals surface area (Å²) in [6.45, 7) is -0.406. The zero-order valence-corrected chi connectivity index (χ0v) is 12.8. The molecule has 23 heavy (non-hydrogen) atoms. The van der Waals surface area contributed by atoms with E-state index in [1.807, 2.05) is 0 Å². The average molecular weight is 334 g/mol. The lowest BCUT2D eigenvalue weighted by Crippen LogP contribution is -2.33. The molecule has 0 atom stereocenters. The highest BCUT2D eigenvalue weighted by Crippen LogP contribution is 2.25. The van der Waals surface area contributed by atoms with Crippen LogP contribution in [0.2, 0.25) is 0 Å². The molecule has 0 aliphatic carbocycles. The number of aliphatic hydroxyl groups is 1. The fourth-order valence-electron chi connectivity index (χ4n) is 2.29. The van der Waals surface area contributed by atoms with Gasteiger partial charge in [-0.05, 0) is 24.3 Å². The number of rotatable bonds is 5. The second-order valence-corrected chi connectivity index (χ2v) is 6.67. The van der Waals surface area contributed by atoms with E-state index in [1.54, 1.807) is 30.3 Å². The molecule has 7 nitrogen and oxygen atoms in total. The van der Waals surface area contributed by atoms with E-state index in [0.717, 1.165) is 4.31 Å². The van der Waals surface area contributed by atoms with Crippen LogP contribution in [0.5, 0.6) is 0 Å². The van der Waals surface area contributed by atoms with Crippen molar-refractivity contribution in [2.75, 3.05) is 17.5 Å². The average Bonchev–Trinajstić information content (AvgIpc) is 2.92. The normalized spacial score (nSPS) is 11.7. The third-order valence-electron chi connectivity index (χ3n) is 3.33. The number of hydrogen-bond donors (Lipinski definition) is 2. The lowest BCUT2D eigenvalue weighted by molar-refractivity contribution is 0.306. The third kappa shape index (κ3) is 2.86. The minimum atomic E-state index is -3.90. The van der Waals surface area contributed by atoms with Gasteiger partial charge in [0.15, 0.2) is 5.58 Å². The van der Waals surface area contributed by atoms with Crippen molar-refractivity contribution in [3.8, 4) is 0 Å². The Kier molecular flexibility index (Phi) is 3.93. The molecule has 0 saturated carbocycles. The highest BCUT2D eigenvalue weighted by atomic mass is 32.2. The summed E-state index contributed by atoms with van der Waals surface area (Å²) in [6, 6.07) is 12.6.